The molecule has 1 saturated heterocycles. The van der Waals surface area contributed by atoms with Gasteiger partial charge in [-0.25, -0.2) is 0 Å². The third-order valence-electron chi connectivity index (χ3n) is 3.58. The van der Waals surface area contributed by atoms with Gasteiger partial charge in [-0.3, -0.25) is 5.10 Å². The van der Waals surface area contributed by atoms with E-state index in [0.717, 1.165) is 6.54 Å². The minimum absolute atomic E-state index is 0.510. The highest BCUT2D eigenvalue weighted by molar-refractivity contribution is 5.20. The first-order valence-corrected chi connectivity index (χ1v) is 6.21. The summed E-state index contributed by atoms with van der Waals surface area (Å²) in [4.78, 5) is 0. The van der Waals surface area contributed by atoms with E-state index in [1.807, 2.05) is 6.20 Å². The van der Waals surface area contributed by atoms with Crippen LogP contribution in [0.2, 0.25) is 0 Å². The smallest absolute Gasteiger partial charge is 0.0490 e. The quantitative estimate of drug-likeness (QED) is 0.828. The molecule has 1 aromatic heterocycles. The van der Waals surface area contributed by atoms with E-state index in [0.29, 0.717) is 12.0 Å². The normalized spacial score (nSPS) is 24.7. The van der Waals surface area contributed by atoms with Gasteiger partial charge in [0.2, 0.25) is 0 Å². The molecular weight excluding hydrogens is 210 g/mol. The molecule has 88 valence electrons. The monoisotopic (exact) mass is 227 g/mol. The molecule has 1 aliphatic heterocycles. The van der Waals surface area contributed by atoms with Crippen molar-refractivity contribution in [1.29, 1.82) is 0 Å². The van der Waals surface area contributed by atoms with Gasteiger partial charge in [-0.05, 0) is 24.5 Å². The number of hydrogen-bond acceptors (Lipinski definition) is 2. The van der Waals surface area contributed by atoms with Crippen LogP contribution in [0.1, 0.15) is 36.1 Å². The zero-order valence-corrected chi connectivity index (χ0v) is 9.76. The Hall–Kier alpha value is -1.61. The summed E-state index contributed by atoms with van der Waals surface area (Å²) in [7, 11) is 0. The molecule has 0 amide bonds. The molecule has 2 N–H and O–H groups in total. The molecule has 3 nitrogen and oxygen atoms in total. The molecule has 17 heavy (non-hydrogen) atoms. The van der Waals surface area contributed by atoms with Crippen molar-refractivity contribution >= 4 is 0 Å². The lowest BCUT2D eigenvalue weighted by Crippen LogP contribution is -2.32. The summed E-state index contributed by atoms with van der Waals surface area (Å²) in [5.41, 5.74) is 2.65. The molecule has 1 aliphatic rings. The average molecular weight is 227 g/mol. The topological polar surface area (TPSA) is 40.7 Å². The first kappa shape index (κ1) is 10.5. The number of nitrogens with one attached hydrogen (secondary N) is 2. The second kappa shape index (κ2) is 4.72. The van der Waals surface area contributed by atoms with Crippen molar-refractivity contribution in [2.75, 3.05) is 6.54 Å². The van der Waals surface area contributed by atoms with Gasteiger partial charge >= 0.3 is 0 Å². The summed E-state index contributed by atoms with van der Waals surface area (Å²) < 4.78 is 0. The van der Waals surface area contributed by atoms with Crippen molar-refractivity contribution in [3.63, 3.8) is 0 Å². The van der Waals surface area contributed by atoms with Crippen molar-refractivity contribution in [2.24, 2.45) is 0 Å². The van der Waals surface area contributed by atoms with Crippen LogP contribution in [-0.2, 0) is 0 Å². The second-order valence-corrected chi connectivity index (χ2v) is 4.66. The molecule has 0 aliphatic carbocycles. The lowest BCUT2D eigenvalue weighted by atomic mass is 9.89. The molecule has 0 radical (unpaired) electrons. The molecule has 0 saturated carbocycles. The summed E-state index contributed by atoms with van der Waals surface area (Å²) >= 11 is 0. The third kappa shape index (κ3) is 2.24. The Balaban J connectivity index is 1.65. The number of piperidine rings is 1. The highest BCUT2D eigenvalue weighted by atomic mass is 15.1. The lowest BCUT2D eigenvalue weighted by molar-refractivity contribution is 0.369. The zero-order valence-electron chi connectivity index (χ0n) is 9.76. The first-order chi connectivity index (χ1) is 8.43. The van der Waals surface area contributed by atoms with Gasteiger partial charge in [-0.2, -0.15) is 5.10 Å². The van der Waals surface area contributed by atoms with Crippen LogP contribution < -0.4 is 5.32 Å². The zero-order chi connectivity index (χ0) is 11.5. The molecule has 0 bridgehead atoms. The fourth-order valence-electron chi connectivity index (χ4n) is 2.59. The maximum atomic E-state index is 4.02. The van der Waals surface area contributed by atoms with E-state index in [1.54, 1.807) is 0 Å². The van der Waals surface area contributed by atoms with Crippen LogP contribution in [0.25, 0.3) is 0 Å². The molecule has 2 heterocycles. The van der Waals surface area contributed by atoms with Gasteiger partial charge in [0.25, 0.3) is 0 Å². The van der Waals surface area contributed by atoms with Crippen LogP contribution in [0.4, 0.5) is 0 Å². The highest BCUT2D eigenvalue weighted by Gasteiger charge is 2.23. The number of aromatic amines is 1. The number of H-pyrrole nitrogens is 1. The fourth-order valence-corrected chi connectivity index (χ4v) is 2.59. The minimum Gasteiger partial charge on any atom is -0.309 e. The second-order valence-electron chi connectivity index (χ2n) is 4.66. The third-order valence-corrected chi connectivity index (χ3v) is 3.58. The Morgan fingerprint density at radius 1 is 1.06 bits per heavy atom. The number of aromatic nitrogens is 2. The van der Waals surface area contributed by atoms with Crippen molar-refractivity contribution in [3.05, 3.63) is 53.9 Å². The number of benzene rings is 1. The Kier molecular flexibility index (Phi) is 2.92. The fraction of sp³-hybridized carbons (Fsp3) is 0.357. The van der Waals surface area contributed by atoms with Crippen molar-refractivity contribution in [3.8, 4) is 0 Å². The van der Waals surface area contributed by atoms with E-state index in [1.165, 1.54) is 24.1 Å². The van der Waals surface area contributed by atoms with Crippen LogP contribution in [0.15, 0.2) is 42.6 Å². The van der Waals surface area contributed by atoms with Crippen LogP contribution in [0.5, 0.6) is 0 Å². The molecule has 1 aromatic carbocycles. The van der Waals surface area contributed by atoms with Crippen LogP contribution in [-0.4, -0.2) is 16.7 Å². The molecular formula is C14H17N3. The molecule has 2 aromatic rings. The summed E-state index contributed by atoms with van der Waals surface area (Å²) in [6.45, 7) is 1.03. The Labute approximate surface area is 101 Å². The van der Waals surface area contributed by atoms with E-state index in [-0.39, 0.29) is 0 Å². The average Bonchev–Trinajstić information content (AvgIpc) is 2.94. The first-order valence-electron chi connectivity index (χ1n) is 6.21. The van der Waals surface area contributed by atoms with E-state index < -0.39 is 0 Å². The van der Waals surface area contributed by atoms with Crippen LogP contribution >= 0.6 is 0 Å². The van der Waals surface area contributed by atoms with Gasteiger partial charge < -0.3 is 5.32 Å². The van der Waals surface area contributed by atoms with Gasteiger partial charge in [0.15, 0.2) is 0 Å². The maximum absolute atomic E-state index is 4.02. The molecule has 3 heteroatoms. The Morgan fingerprint density at radius 2 is 1.94 bits per heavy atom. The van der Waals surface area contributed by atoms with Gasteiger partial charge in [-0.15, -0.1) is 0 Å². The van der Waals surface area contributed by atoms with E-state index in [4.69, 9.17) is 0 Å². The van der Waals surface area contributed by atoms with E-state index >= 15 is 0 Å². The molecule has 2 unspecified atom stereocenters. The highest BCUT2D eigenvalue weighted by Crippen LogP contribution is 2.30. The summed E-state index contributed by atoms with van der Waals surface area (Å²) in [5, 5.41) is 10.7. The molecule has 0 spiro atoms. The van der Waals surface area contributed by atoms with Crippen molar-refractivity contribution < 1.29 is 0 Å². The lowest BCUT2D eigenvalue weighted by Gasteiger charge is -2.29. The Morgan fingerprint density at radius 3 is 2.59 bits per heavy atom. The Bertz CT molecular complexity index is 442. The maximum Gasteiger partial charge on any atom is 0.0490 e. The van der Waals surface area contributed by atoms with Gasteiger partial charge in [0.05, 0.1) is 0 Å². The summed E-state index contributed by atoms with van der Waals surface area (Å²) in [6.07, 6.45) is 4.24. The van der Waals surface area contributed by atoms with Crippen LogP contribution in [0.3, 0.4) is 0 Å². The minimum atomic E-state index is 0.510. The van der Waals surface area contributed by atoms with E-state index in [9.17, 15) is 0 Å². The number of rotatable bonds is 2. The van der Waals surface area contributed by atoms with Crippen molar-refractivity contribution in [2.45, 2.75) is 24.8 Å². The molecule has 3 rings (SSSR count). The standard InChI is InChI=1S/C14H17N3/c1-2-4-11(5-3-1)13-7-6-12(10-15-13)14-8-9-16-17-14/h1-5,8-9,12-13,15H,6-7,10H2,(H,16,17). The number of nitrogens with zero attached hydrogens (tertiary/aromatic N) is 1. The molecule has 2 atom stereocenters. The number of hydrogen-bond donors (Lipinski definition) is 2. The van der Waals surface area contributed by atoms with Gasteiger partial charge in [0, 0.05) is 30.4 Å². The van der Waals surface area contributed by atoms with Crippen LogP contribution in [0, 0.1) is 0 Å². The predicted molar refractivity (Wildman–Crippen MR) is 67.7 cm³/mol. The molecule has 1 fully saturated rings. The van der Waals surface area contributed by atoms with Gasteiger partial charge in [-0.1, -0.05) is 30.3 Å². The summed E-state index contributed by atoms with van der Waals surface area (Å²) in [6, 6.07) is 13.3. The van der Waals surface area contributed by atoms with Crippen molar-refractivity contribution in [1.82, 2.24) is 15.5 Å². The van der Waals surface area contributed by atoms with E-state index in [2.05, 4.69) is 51.9 Å². The predicted octanol–water partition coefficient (Wildman–Crippen LogP) is 2.62. The largest absolute Gasteiger partial charge is 0.309 e. The SMILES string of the molecule is c1ccc(C2CCC(c3ccn[nH]3)CN2)cc1. The summed E-state index contributed by atoms with van der Waals surface area (Å²) in [5.74, 6) is 0.581. The van der Waals surface area contributed by atoms with Gasteiger partial charge in [0.1, 0.15) is 0 Å².